The van der Waals surface area contributed by atoms with Gasteiger partial charge in [0, 0.05) is 24.2 Å². The number of aromatic hydroxyl groups is 1. The molecule has 1 saturated heterocycles. The molecule has 3 amide bonds. The van der Waals surface area contributed by atoms with Gasteiger partial charge in [-0.25, -0.2) is 14.1 Å². The molecule has 2 aromatic rings. The summed E-state index contributed by atoms with van der Waals surface area (Å²) >= 11 is 0.898. The Balaban J connectivity index is 1.86. The number of aliphatic carboxylic acids is 1. The second-order valence-corrected chi connectivity index (χ2v) is 10.5. The third kappa shape index (κ3) is 6.13. The Morgan fingerprint density at radius 1 is 1.33 bits per heavy atom. The molecule has 3 heterocycles. The van der Waals surface area contributed by atoms with E-state index in [0.29, 0.717) is 0 Å². The van der Waals surface area contributed by atoms with E-state index >= 15 is 0 Å². The van der Waals surface area contributed by atoms with E-state index in [0.717, 1.165) is 37.4 Å². The number of nitrogens with one attached hydrogen (secondary N) is 3. The van der Waals surface area contributed by atoms with Gasteiger partial charge in [-0.3, -0.25) is 23.7 Å². The highest BCUT2D eigenvalue weighted by Gasteiger charge is 2.54. The number of oxime groups is 1. The average molecular weight is 588 g/mol. The number of carbonyl (C=O) groups is 4. The summed E-state index contributed by atoms with van der Waals surface area (Å²) in [6.07, 6.45) is 1.07. The first kappa shape index (κ1) is 29.0. The number of carboxylic acids is 1. The number of nitrogens with zero attached hydrogens (tertiary/aromatic N) is 3. The molecule has 1 fully saturated rings. The van der Waals surface area contributed by atoms with Gasteiger partial charge in [-0.05, 0) is 13.8 Å². The number of β-lactam (4-membered cyclic amide) rings is 1. The average Bonchev–Trinajstić information content (AvgIpc) is 3.26. The highest BCUT2D eigenvalue weighted by Crippen LogP contribution is 2.24. The normalized spacial score (nSPS) is 17.8. The van der Waals surface area contributed by atoms with Crippen molar-refractivity contribution in [2.45, 2.75) is 31.5 Å². The number of thiazole rings is 1. The van der Waals surface area contributed by atoms with E-state index in [-0.39, 0.29) is 15.1 Å². The summed E-state index contributed by atoms with van der Waals surface area (Å²) in [7, 11) is -5.14. The van der Waals surface area contributed by atoms with Crippen LogP contribution in [0.25, 0.3) is 0 Å². The summed E-state index contributed by atoms with van der Waals surface area (Å²) in [5.41, 5.74) is 1.45. The number of hydrogen-bond acceptors (Lipinski definition) is 13. The number of pyridine rings is 1. The molecule has 0 aromatic carbocycles. The number of carbonyl (C=O) groups excluding carboxylic acids is 3. The molecule has 2 atom stereocenters. The second kappa shape index (κ2) is 10.7. The van der Waals surface area contributed by atoms with Crippen LogP contribution < -0.4 is 21.8 Å². The monoisotopic (exact) mass is 587 g/mol. The van der Waals surface area contributed by atoms with E-state index in [9.17, 15) is 47.2 Å². The molecule has 0 bridgehead atoms. The van der Waals surface area contributed by atoms with Gasteiger partial charge in [0.1, 0.15) is 11.7 Å². The maximum absolute atomic E-state index is 13.0. The molecule has 1 aliphatic heterocycles. The van der Waals surface area contributed by atoms with Crippen molar-refractivity contribution >= 4 is 56.2 Å². The van der Waals surface area contributed by atoms with Crippen LogP contribution in [0.1, 0.15) is 30.0 Å². The standard InChI is InChI=1S/C19H21N7O11S2/c1-19(2,17(32)33)37-25-10(7-6-38-18(20)23-7)15(30)24-11-8(26(16(11)31)39(34,35)36)5-22-14(29)12-13(28)9(27)3-4-21-12/h3-4,6,8,11,28H,5H2,1-2H3,(H2,20,23)(H,21,27)(H,22,29)(H,24,30)(H,32,33)(H,34,35,36)/b25-10-/t8-,11+/m1/s1. The van der Waals surface area contributed by atoms with Gasteiger partial charge in [-0.15, -0.1) is 11.3 Å². The van der Waals surface area contributed by atoms with Crippen molar-refractivity contribution in [3.8, 4) is 5.75 Å². The van der Waals surface area contributed by atoms with Crippen molar-refractivity contribution < 1.29 is 47.2 Å². The van der Waals surface area contributed by atoms with Crippen LogP contribution in [0.4, 0.5) is 5.13 Å². The fourth-order valence-electron chi connectivity index (χ4n) is 3.10. The molecule has 0 radical (unpaired) electrons. The van der Waals surface area contributed by atoms with Gasteiger partial charge < -0.3 is 36.4 Å². The van der Waals surface area contributed by atoms with Crippen LogP contribution in [-0.4, -0.2) is 91.1 Å². The van der Waals surface area contributed by atoms with E-state index in [2.05, 4.69) is 25.8 Å². The first-order chi connectivity index (χ1) is 18.0. The molecule has 20 heteroatoms. The topological polar surface area (TPSA) is 284 Å². The fourth-order valence-corrected chi connectivity index (χ4v) is 4.53. The van der Waals surface area contributed by atoms with Gasteiger partial charge in [-0.2, -0.15) is 8.42 Å². The minimum absolute atomic E-state index is 0.00283. The van der Waals surface area contributed by atoms with E-state index in [1.807, 2.05) is 0 Å². The zero-order valence-corrected chi connectivity index (χ0v) is 21.6. The molecule has 1 aliphatic rings. The molecule has 39 heavy (non-hydrogen) atoms. The lowest BCUT2D eigenvalue weighted by Crippen LogP contribution is -2.74. The minimum Gasteiger partial charge on any atom is -0.503 e. The molecule has 0 aliphatic carbocycles. The number of nitrogen functional groups attached to an aromatic ring is 1. The lowest BCUT2D eigenvalue weighted by atomic mass is 9.98. The number of amides is 3. The fraction of sp³-hybridized carbons (Fsp3) is 0.316. The van der Waals surface area contributed by atoms with Crippen LogP contribution in [0.3, 0.4) is 0 Å². The first-order valence-electron chi connectivity index (χ1n) is 10.6. The van der Waals surface area contributed by atoms with E-state index in [1.54, 1.807) is 0 Å². The van der Waals surface area contributed by atoms with Gasteiger partial charge in [0.2, 0.25) is 11.0 Å². The third-order valence-electron chi connectivity index (χ3n) is 5.20. The van der Waals surface area contributed by atoms with Crippen LogP contribution >= 0.6 is 11.3 Å². The van der Waals surface area contributed by atoms with Gasteiger partial charge in [0.25, 0.3) is 17.7 Å². The molecule has 0 unspecified atom stereocenters. The van der Waals surface area contributed by atoms with Crippen molar-refractivity contribution in [2.24, 2.45) is 5.16 Å². The molecule has 210 valence electrons. The SMILES string of the molecule is CC(C)(O/N=C(\C(=O)N[C@@H]1C(=O)N(S(=O)(=O)O)[C@@H]1CNC(=O)c1[nH]ccc(=O)c1O)c1csc(N)n1)C(=O)O. The largest absolute Gasteiger partial charge is 0.503 e. The van der Waals surface area contributed by atoms with Crippen molar-refractivity contribution in [3.05, 3.63) is 39.3 Å². The maximum atomic E-state index is 13.0. The zero-order chi connectivity index (χ0) is 29.3. The number of nitrogens with two attached hydrogens (primary N) is 1. The number of anilines is 1. The summed E-state index contributed by atoms with van der Waals surface area (Å²) < 4.78 is 32.9. The predicted octanol–water partition coefficient (Wildman–Crippen LogP) is -2.37. The van der Waals surface area contributed by atoms with Gasteiger partial charge in [-0.1, -0.05) is 5.16 Å². The quantitative estimate of drug-likeness (QED) is 0.0663. The Morgan fingerprint density at radius 3 is 2.56 bits per heavy atom. The Hall–Kier alpha value is -4.56. The Morgan fingerprint density at radius 2 is 2.00 bits per heavy atom. The lowest BCUT2D eigenvalue weighted by Gasteiger charge is -2.44. The number of H-pyrrole nitrogens is 1. The summed E-state index contributed by atoms with van der Waals surface area (Å²) in [5, 5.41) is 28.2. The molecular weight excluding hydrogens is 566 g/mol. The van der Waals surface area contributed by atoms with Crippen molar-refractivity contribution in [3.63, 3.8) is 0 Å². The predicted molar refractivity (Wildman–Crippen MR) is 131 cm³/mol. The molecule has 8 N–H and O–H groups in total. The van der Waals surface area contributed by atoms with Crippen LogP contribution in [0.15, 0.2) is 27.6 Å². The summed E-state index contributed by atoms with van der Waals surface area (Å²) in [6.45, 7) is 1.59. The number of aromatic nitrogens is 2. The number of hydrogen-bond donors (Lipinski definition) is 7. The summed E-state index contributed by atoms with van der Waals surface area (Å²) in [6, 6.07) is -2.29. The highest BCUT2D eigenvalue weighted by atomic mass is 32.2. The van der Waals surface area contributed by atoms with Crippen molar-refractivity contribution in [2.75, 3.05) is 12.3 Å². The Labute approximate surface area is 222 Å². The number of aromatic amines is 1. The van der Waals surface area contributed by atoms with E-state index in [4.69, 9.17) is 10.6 Å². The van der Waals surface area contributed by atoms with Gasteiger partial charge in [0.05, 0.1) is 6.04 Å². The van der Waals surface area contributed by atoms with Gasteiger partial charge >= 0.3 is 16.3 Å². The smallest absolute Gasteiger partial charge is 0.362 e. The highest BCUT2D eigenvalue weighted by molar-refractivity contribution is 7.84. The molecule has 3 rings (SSSR count). The second-order valence-electron chi connectivity index (χ2n) is 8.32. The Bertz CT molecular complexity index is 1530. The molecule has 0 spiro atoms. The van der Waals surface area contributed by atoms with Crippen molar-refractivity contribution in [1.29, 1.82) is 0 Å². The van der Waals surface area contributed by atoms with Crippen LogP contribution in [0, 0.1) is 0 Å². The van der Waals surface area contributed by atoms with Gasteiger partial charge in [0.15, 0.2) is 22.3 Å². The number of rotatable bonds is 10. The molecular formula is C19H21N7O11S2. The maximum Gasteiger partial charge on any atom is 0.362 e. The zero-order valence-electron chi connectivity index (χ0n) is 19.9. The van der Waals surface area contributed by atoms with Crippen LogP contribution in [0.5, 0.6) is 5.75 Å². The lowest BCUT2D eigenvalue weighted by molar-refractivity contribution is -0.161. The third-order valence-corrected chi connectivity index (χ3v) is 6.82. The Kier molecular flexibility index (Phi) is 7.93. The van der Waals surface area contributed by atoms with E-state index in [1.165, 1.54) is 5.38 Å². The molecule has 2 aromatic heterocycles. The minimum atomic E-state index is -5.14. The van der Waals surface area contributed by atoms with Crippen molar-refractivity contribution in [1.82, 2.24) is 24.9 Å². The van der Waals surface area contributed by atoms with Crippen LogP contribution in [-0.2, 0) is 29.5 Å². The first-order valence-corrected chi connectivity index (χ1v) is 12.8. The molecule has 0 saturated carbocycles. The molecule has 18 nitrogen and oxygen atoms in total. The summed E-state index contributed by atoms with van der Waals surface area (Å²) in [4.78, 5) is 72.0. The number of carboxylic acid groups (broad SMARTS) is 1. The van der Waals surface area contributed by atoms with Crippen LogP contribution in [0.2, 0.25) is 0 Å². The summed E-state index contributed by atoms with van der Waals surface area (Å²) in [5.74, 6) is -5.89. The van der Waals surface area contributed by atoms with E-state index < -0.39 is 80.8 Å².